The van der Waals surface area contributed by atoms with Gasteiger partial charge in [0, 0.05) is 18.3 Å². The van der Waals surface area contributed by atoms with Crippen LogP contribution in [-0.4, -0.2) is 32.0 Å². The van der Waals surface area contributed by atoms with E-state index in [-0.39, 0.29) is 18.2 Å². The molecule has 0 heterocycles. The predicted molar refractivity (Wildman–Crippen MR) is 49.4 cm³/mol. The highest BCUT2D eigenvalue weighted by atomic mass is 79.9. The summed E-state index contributed by atoms with van der Waals surface area (Å²) in [6, 6.07) is 0. The van der Waals surface area contributed by atoms with E-state index in [4.69, 9.17) is 5.14 Å². The van der Waals surface area contributed by atoms with Gasteiger partial charge in [-0.05, 0) is 0 Å². The number of nitrogens with one attached hydrogen (secondary N) is 1. The number of hydrogen-bond acceptors (Lipinski definition) is 3. The quantitative estimate of drug-likeness (QED) is 0.632. The molecule has 0 aliphatic rings. The minimum Gasteiger partial charge on any atom is -0.355 e. The van der Waals surface area contributed by atoms with Gasteiger partial charge in [-0.2, -0.15) is 0 Å². The number of alkyl halides is 1. The van der Waals surface area contributed by atoms with E-state index in [1.54, 1.807) is 0 Å². The van der Waals surface area contributed by atoms with E-state index in [0.29, 0.717) is 11.8 Å². The lowest BCUT2D eigenvalue weighted by molar-refractivity contribution is -0.120. The van der Waals surface area contributed by atoms with Gasteiger partial charge < -0.3 is 5.32 Å². The average molecular weight is 259 g/mol. The molecule has 0 radical (unpaired) electrons. The van der Waals surface area contributed by atoms with Crippen molar-refractivity contribution in [1.29, 1.82) is 0 Å². The minimum atomic E-state index is -3.46. The molecule has 12 heavy (non-hydrogen) atoms. The lowest BCUT2D eigenvalue weighted by atomic mass is 10.4. The summed E-state index contributed by atoms with van der Waals surface area (Å²) < 4.78 is 20.8. The Kier molecular flexibility index (Phi) is 5.43. The highest BCUT2D eigenvalue weighted by Crippen LogP contribution is 1.86. The van der Waals surface area contributed by atoms with Gasteiger partial charge in [0.25, 0.3) is 0 Å². The second-order valence-corrected chi connectivity index (χ2v) is 4.68. The number of hydrogen-bond donors (Lipinski definition) is 2. The Labute approximate surface area is 79.9 Å². The first-order valence-electron chi connectivity index (χ1n) is 3.29. The maximum Gasteiger partial charge on any atom is 0.220 e. The van der Waals surface area contributed by atoms with Gasteiger partial charge in [0.2, 0.25) is 15.9 Å². The summed E-state index contributed by atoms with van der Waals surface area (Å²) in [6.07, 6.45) is 0.338. The third kappa shape index (κ3) is 7.96. The first kappa shape index (κ1) is 11.9. The number of carbonyl (C=O) groups is 1. The van der Waals surface area contributed by atoms with Crippen molar-refractivity contribution in [2.75, 3.05) is 17.6 Å². The van der Waals surface area contributed by atoms with Crippen LogP contribution >= 0.6 is 15.9 Å². The lowest BCUT2D eigenvalue weighted by Crippen LogP contribution is -2.31. The third-order valence-electron chi connectivity index (χ3n) is 1.03. The number of halogens is 1. The van der Waals surface area contributed by atoms with Gasteiger partial charge in [-0.3, -0.25) is 4.79 Å². The van der Waals surface area contributed by atoms with E-state index in [2.05, 4.69) is 21.2 Å². The van der Waals surface area contributed by atoms with Crippen molar-refractivity contribution in [3.8, 4) is 0 Å². The molecule has 0 atom stereocenters. The molecular weight excluding hydrogens is 248 g/mol. The number of carbonyl (C=O) groups excluding carboxylic acids is 1. The van der Waals surface area contributed by atoms with E-state index in [1.165, 1.54) is 0 Å². The number of rotatable bonds is 5. The molecule has 0 saturated heterocycles. The first-order chi connectivity index (χ1) is 5.45. The Balaban J connectivity index is 3.51. The Bertz CT molecular complexity index is 239. The Hall–Kier alpha value is -0.140. The number of nitrogens with two attached hydrogens (primary N) is 1. The van der Waals surface area contributed by atoms with Crippen LogP contribution in [0.1, 0.15) is 6.42 Å². The molecule has 0 aromatic rings. The van der Waals surface area contributed by atoms with Crippen LogP contribution in [0.5, 0.6) is 0 Å². The molecular formula is C5H11BrN2O3S. The third-order valence-corrected chi connectivity index (χ3v) is 2.20. The molecule has 0 aromatic carbocycles. The first-order valence-corrected chi connectivity index (χ1v) is 6.12. The van der Waals surface area contributed by atoms with Crippen LogP contribution in [0.3, 0.4) is 0 Å². The second-order valence-electron chi connectivity index (χ2n) is 2.16. The van der Waals surface area contributed by atoms with Gasteiger partial charge >= 0.3 is 0 Å². The highest BCUT2D eigenvalue weighted by molar-refractivity contribution is 9.09. The van der Waals surface area contributed by atoms with Gasteiger partial charge in [-0.1, -0.05) is 15.9 Å². The van der Waals surface area contributed by atoms with Crippen LogP contribution in [0.2, 0.25) is 0 Å². The number of amides is 1. The summed E-state index contributed by atoms with van der Waals surface area (Å²) in [5.41, 5.74) is 0. The largest absolute Gasteiger partial charge is 0.355 e. The van der Waals surface area contributed by atoms with E-state index in [1.807, 2.05) is 0 Å². The van der Waals surface area contributed by atoms with Crippen LogP contribution in [0, 0.1) is 0 Å². The Morgan fingerprint density at radius 1 is 1.50 bits per heavy atom. The number of primary sulfonamides is 1. The van der Waals surface area contributed by atoms with Gasteiger partial charge in [-0.25, -0.2) is 13.6 Å². The van der Waals surface area contributed by atoms with Crippen molar-refractivity contribution >= 4 is 31.9 Å². The van der Waals surface area contributed by atoms with Crippen molar-refractivity contribution in [3.05, 3.63) is 0 Å². The summed E-state index contributed by atoms with van der Waals surface area (Å²) in [6.45, 7) is 0.0741. The summed E-state index contributed by atoms with van der Waals surface area (Å²) in [4.78, 5) is 10.8. The lowest BCUT2D eigenvalue weighted by Gasteiger charge is -2.01. The van der Waals surface area contributed by atoms with Crippen molar-refractivity contribution in [3.63, 3.8) is 0 Å². The van der Waals surface area contributed by atoms with E-state index in [0.717, 1.165) is 0 Å². The van der Waals surface area contributed by atoms with Gasteiger partial charge in [0.1, 0.15) is 0 Å². The Morgan fingerprint density at radius 3 is 2.50 bits per heavy atom. The number of sulfonamides is 1. The molecule has 0 unspecified atom stereocenters. The smallest absolute Gasteiger partial charge is 0.220 e. The normalized spacial score (nSPS) is 11.2. The summed E-state index contributed by atoms with van der Waals surface area (Å²) >= 11 is 3.08. The second kappa shape index (κ2) is 5.50. The summed E-state index contributed by atoms with van der Waals surface area (Å²) in [5, 5.41) is 7.68. The highest BCUT2D eigenvalue weighted by Gasteiger charge is 2.03. The van der Waals surface area contributed by atoms with Crippen LogP contribution in [-0.2, 0) is 14.8 Å². The van der Waals surface area contributed by atoms with Crippen LogP contribution in [0.25, 0.3) is 0 Å². The molecule has 0 aliphatic carbocycles. The van der Waals surface area contributed by atoms with Crippen LogP contribution < -0.4 is 10.5 Å². The van der Waals surface area contributed by atoms with Gasteiger partial charge in [0.15, 0.2) is 0 Å². The molecule has 7 heteroatoms. The fourth-order valence-electron chi connectivity index (χ4n) is 0.507. The van der Waals surface area contributed by atoms with Crippen LogP contribution in [0.4, 0.5) is 0 Å². The standard InChI is InChI=1S/C5H11BrN2O3S/c6-2-1-5(9)8-3-4-12(7,10)11/h1-4H2,(H,8,9)(H2,7,10,11). The molecule has 0 rings (SSSR count). The summed E-state index contributed by atoms with van der Waals surface area (Å²) in [5.74, 6) is -0.406. The van der Waals surface area contributed by atoms with E-state index in [9.17, 15) is 13.2 Å². The Morgan fingerprint density at radius 2 is 2.08 bits per heavy atom. The fourth-order valence-corrected chi connectivity index (χ4v) is 1.25. The van der Waals surface area contributed by atoms with Gasteiger partial charge in [-0.15, -0.1) is 0 Å². The maximum atomic E-state index is 10.8. The molecule has 0 spiro atoms. The molecule has 0 aromatic heterocycles. The van der Waals surface area contributed by atoms with Crippen molar-refractivity contribution in [2.24, 2.45) is 5.14 Å². The topological polar surface area (TPSA) is 89.3 Å². The minimum absolute atomic E-state index is 0.0741. The molecule has 72 valence electrons. The molecule has 3 N–H and O–H groups in total. The van der Waals surface area contributed by atoms with Crippen molar-refractivity contribution < 1.29 is 13.2 Å². The zero-order valence-corrected chi connectivity index (χ0v) is 8.82. The van der Waals surface area contributed by atoms with E-state index >= 15 is 0 Å². The summed E-state index contributed by atoms with van der Waals surface area (Å²) in [7, 11) is -3.46. The van der Waals surface area contributed by atoms with Crippen molar-refractivity contribution in [2.45, 2.75) is 6.42 Å². The molecule has 0 bridgehead atoms. The van der Waals surface area contributed by atoms with Crippen LogP contribution in [0.15, 0.2) is 0 Å². The monoisotopic (exact) mass is 258 g/mol. The average Bonchev–Trinajstić information content (AvgIpc) is 1.84. The molecule has 5 nitrogen and oxygen atoms in total. The van der Waals surface area contributed by atoms with E-state index < -0.39 is 10.0 Å². The molecule has 0 saturated carbocycles. The molecule has 0 fully saturated rings. The molecule has 1 amide bonds. The fraction of sp³-hybridized carbons (Fsp3) is 0.800. The maximum absolute atomic E-state index is 10.8. The SMILES string of the molecule is NS(=O)(=O)CCNC(=O)CCBr. The zero-order chi connectivity index (χ0) is 9.61. The predicted octanol–water partition coefficient (Wildman–Crippen LogP) is -0.824. The van der Waals surface area contributed by atoms with Gasteiger partial charge in [0.05, 0.1) is 5.75 Å². The molecule has 0 aliphatic heterocycles. The zero-order valence-electron chi connectivity index (χ0n) is 6.42. The van der Waals surface area contributed by atoms with Crippen molar-refractivity contribution in [1.82, 2.24) is 5.32 Å².